The predicted molar refractivity (Wildman–Crippen MR) is 113 cm³/mol. The lowest BCUT2D eigenvalue weighted by molar-refractivity contribution is -0.0170. The molecular formula is C23H25N5O. The lowest BCUT2D eigenvalue weighted by atomic mass is 10.1. The Balaban J connectivity index is 1.41. The molecule has 6 nitrogen and oxygen atoms in total. The number of aryl methyl sites for hydroxylation is 2. The highest BCUT2D eigenvalue weighted by atomic mass is 16.5. The fraction of sp³-hybridized carbons (Fsp3) is 0.304. The van der Waals surface area contributed by atoms with Gasteiger partial charge in [0, 0.05) is 13.6 Å². The standard InChI is InChI=1S/C23H25N5O/c1-16-7-9-17(10-8-16)19-13-24-23(26-19)21-15-29-12-11-28(21)14-22-25-18-5-3-4-6-20(18)27(22)2/h3-10,13,21H,11-12,14-15H2,1-2H3,(H,24,26)/t21-/m0/s1. The van der Waals surface area contributed by atoms with Crippen LogP contribution in [0.3, 0.4) is 0 Å². The fourth-order valence-corrected chi connectivity index (χ4v) is 3.98. The van der Waals surface area contributed by atoms with Crippen molar-refractivity contribution in [2.24, 2.45) is 7.05 Å². The Morgan fingerprint density at radius 2 is 1.97 bits per heavy atom. The summed E-state index contributed by atoms with van der Waals surface area (Å²) in [5.41, 5.74) is 5.63. The summed E-state index contributed by atoms with van der Waals surface area (Å²) < 4.78 is 7.98. The Kier molecular flexibility index (Phi) is 4.66. The Hall–Kier alpha value is -2.96. The van der Waals surface area contributed by atoms with Gasteiger partial charge in [0.15, 0.2) is 0 Å². The largest absolute Gasteiger partial charge is 0.378 e. The van der Waals surface area contributed by atoms with Gasteiger partial charge in [-0.05, 0) is 24.6 Å². The number of nitrogens with one attached hydrogen (secondary N) is 1. The molecule has 5 rings (SSSR count). The summed E-state index contributed by atoms with van der Waals surface area (Å²) >= 11 is 0. The lowest BCUT2D eigenvalue weighted by Crippen LogP contribution is -2.40. The van der Waals surface area contributed by atoms with Crippen LogP contribution in [0.25, 0.3) is 22.3 Å². The zero-order valence-electron chi connectivity index (χ0n) is 16.8. The second-order valence-electron chi connectivity index (χ2n) is 7.69. The topological polar surface area (TPSA) is 59.0 Å². The van der Waals surface area contributed by atoms with Gasteiger partial charge >= 0.3 is 0 Å². The fourth-order valence-electron chi connectivity index (χ4n) is 3.98. The third-order valence-corrected chi connectivity index (χ3v) is 5.74. The summed E-state index contributed by atoms with van der Waals surface area (Å²) in [6.07, 6.45) is 1.92. The molecule has 2 aromatic heterocycles. The maximum Gasteiger partial charge on any atom is 0.126 e. The van der Waals surface area contributed by atoms with Gasteiger partial charge in [-0.2, -0.15) is 0 Å². The van der Waals surface area contributed by atoms with Crippen molar-refractivity contribution in [3.8, 4) is 11.3 Å². The number of ether oxygens (including phenoxy) is 1. The van der Waals surface area contributed by atoms with Gasteiger partial charge in [0.25, 0.3) is 0 Å². The molecular weight excluding hydrogens is 362 g/mol. The van der Waals surface area contributed by atoms with Crippen LogP contribution in [0.2, 0.25) is 0 Å². The second kappa shape index (κ2) is 7.46. The van der Waals surface area contributed by atoms with Crippen molar-refractivity contribution in [1.29, 1.82) is 0 Å². The molecule has 1 saturated heterocycles. The highest BCUT2D eigenvalue weighted by molar-refractivity contribution is 5.75. The van der Waals surface area contributed by atoms with Gasteiger partial charge in [-0.1, -0.05) is 42.0 Å². The number of benzene rings is 2. The first-order chi connectivity index (χ1) is 14.2. The number of fused-ring (bicyclic) bond motifs is 1. The molecule has 0 radical (unpaired) electrons. The van der Waals surface area contributed by atoms with Gasteiger partial charge in [-0.15, -0.1) is 0 Å². The van der Waals surface area contributed by atoms with Crippen molar-refractivity contribution < 1.29 is 4.74 Å². The minimum atomic E-state index is 0.0859. The Bertz CT molecular complexity index is 1130. The third-order valence-electron chi connectivity index (χ3n) is 5.74. The second-order valence-corrected chi connectivity index (χ2v) is 7.69. The van der Waals surface area contributed by atoms with Crippen LogP contribution < -0.4 is 0 Å². The molecule has 0 aliphatic carbocycles. The zero-order valence-corrected chi connectivity index (χ0v) is 16.8. The maximum atomic E-state index is 5.80. The van der Waals surface area contributed by atoms with E-state index in [1.807, 2.05) is 12.3 Å². The van der Waals surface area contributed by atoms with E-state index in [2.05, 4.69) is 70.9 Å². The number of morpholine rings is 1. The first kappa shape index (κ1) is 18.1. The maximum absolute atomic E-state index is 5.80. The quantitative estimate of drug-likeness (QED) is 0.578. The Labute approximate surface area is 170 Å². The van der Waals surface area contributed by atoms with Crippen LogP contribution in [0, 0.1) is 6.92 Å². The molecule has 29 heavy (non-hydrogen) atoms. The first-order valence-corrected chi connectivity index (χ1v) is 10.0. The first-order valence-electron chi connectivity index (χ1n) is 10.0. The number of aromatic nitrogens is 4. The van der Waals surface area contributed by atoms with E-state index in [0.29, 0.717) is 6.61 Å². The van der Waals surface area contributed by atoms with E-state index >= 15 is 0 Å². The Morgan fingerprint density at radius 3 is 2.79 bits per heavy atom. The van der Waals surface area contributed by atoms with Crippen LogP contribution in [0.4, 0.5) is 0 Å². The summed E-state index contributed by atoms with van der Waals surface area (Å²) in [4.78, 5) is 15.5. The van der Waals surface area contributed by atoms with Crippen LogP contribution in [-0.4, -0.2) is 44.2 Å². The summed E-state index contributed by atoms with van der Waals surface area (Å²) in [6.45, 7) is 5.07. The van der Waals surface area contributed by atoms with Gasteiger partial charge in [-0.25, -0.2) is 9.97 Å². The normalized spacial score (nSPS) is 17.8. The molecule has 1 N–H and O–H groups in total. The number of aromatic amines is 1. The molecule has 2 aromatic carbocycles. The molecule has 3 heterocycles. The van der Waals surface area contributed by atoms with E-state index < -0.39 is 0 Å². The van der Waals surface area contributed by atoms with Gasteiger partial charge in [-0.3, -0.25) is 4.90 Å². The van der Waals surface area contributed by atoms with Crippen molar-refractivity contribution in [1.82, 2.24) is 24.4 Å². The molecule has 4 aromatic rings. The molecule has 1 aliphatic rings. The molecule has 1 fully saturated rings. The number of hydrogen-bond donors (Lipinski definition) is 1. The average molecular weight is 387 g/mol. The minimum absolute atomic E-state index is 0.0859. The highest BCUT2D eigenvalue weighted by Gasteiger charge is 2.28. The third kappa shape index (κ3) is 3.45. The van der Waals surface area contributed by atoms with E-state index in [-0.39, 0.29) is 6.04 Å². The van der Waals surface area contributed by atoms with Gasteiger partial charge < -0.3 is 14.3 Å². The van der Waals surface area contributed by atoms with Crippen molar-refractivity contribution in [3.63, 3.8) is 0 Å². The monoisotopic (exact) mass is 387 g/mol. The minimum Gasteiger partial charge on any atom is -0.378 e. The molecule has 148 valence electrons. The molecule has 0 amide bonds. The molecule has 0 spiro atoms. The van der Waals surface area contributed by atoms with Crippen LogP contribution in [0.15, 0.2) is 54.7 Å². The number of rotatable bonds is 4. The Morgan fingerprint density at radius 1 is 1.14 bits per heavy atom. The highest BCUT2D eigenvalue weighted by Crippen LogP contribution is 2.27. The molecule has 6 heteroatoms. The van der Waals surface area contributed by atoms with Crippen molar-refractivity contribution in [2.45, 2.75) is 19.5 Å². The number of hydrogen-bond acceptors (Lipinski definition) is 4. The van der Waals surface area contributed by atoms with E-state index in [1.165, 1.54) is 5.56 Å². The molecule has 1 atom stereocenters. The van der Waals surface area contributed by atoms with Gasteiger partial charge in [0.05, 0.1) is 48.7 Å². The zero-order chi connectivity index (χ0) is 19.8. The smallest absolute Gasteiger partial charge is 0.126 e. The number of para-hydroxylation sites is 2. The summed E-state index contributed by atoms with van der Waals surface area (Å²) in [6, 6.07) is 16.9. The SMILES string of the molecule is Cc1ccc(-c2cnc([C@@H]3COCCN3Cc3nc4ccccc4n3C)[nH]2)cc1. The number of H-pyrrole nitrogens is 1. The van der Waals surface area contributed by atoms with E-state index in [9.17, 15) is 0 Å². The van der Waals surface area contributed by atoms with Crippen molar-refractivity contribution in [3.05, 3.63) is 71.9 Å². The average Bonchev–Trinajstić information content (AvgIpc) is 3.35. The molecule has 1 aliphatic heterocycles. The lowest BCUT2D eigenvalue weighted by Gasteiger charge is -2.34. The molecule has 0 bridgehead atoms. The number of nitrogens with zero attached hydrogens (tertiary/aromatic N) is 4. The van der Waals surface area contributed by atoms with Crippen LogP contribution in [0.1, 0.15) is 23.3 Å². The van der Waals surface area contributed by atoms with E-state index in [0.717, 1.165) is 53.6 Å². The van der Waals surface area contributed by atoms with Crippen LogP contribution in [0.5, 0.6) is 0 Å². The predicted octanol–water partition coefficient (Wildman–Crippen LogP) is 3.85. The summed E-state index contributed by atoms with van der Waals surface area (Å²) in [5.74, 6) is 2.00. The van der Waals surface area contributed by atoms with Gasteiger partial charge in [0.2, 0.25) is 0 Å². The van der Waals surface area contributed by atoms with E-state index in [4.69, 9.17) is 14.7 Å². The van der Waals surface area contributed by atoms with Crippen molar-refractivity contribution in [2.75, 3.05) is 19.8 Å². The van der Waals surface area contributed by atoms with Gasteiger partial charge in [0.1, 0.15) is 11.6 Å². The summed E-state index contributed by atoms with van der Waals surface area (Å²) in [5, 5.41) is 0. The number of imidazole rings is 2. The van der Waals surface area contributed by atoms with Crippen molar-refractivity contribution >= 4 is 11.0 Å². The molecule has 0 saturated carbocycles. The molecule has 0 unspecified atom stereocenters. The van der Waals surface area contributed by atoms with E-state index in [1.54, 1.807) is 0 Å². The van der Waals surface area contributed by atoms with Crippen LogP contribution in [-0.2, 0) is 18.3 Å². The summed E-state index contributed by atoms with van der Waals surface area (Å²) in [7, 11) is 2.09. The van der Waals surface area contributed by atoms with Crippen LogP contribution >= 0.6 is 0 Å².